The Bertz CT molecular complexity index is 120. The topological polar surface area (TPSA) is 38.3 Å². The maximum Gasteiger partial charge on any atom is 0.322 e. The van der Waals surface area contributed by atoms with Gasteiger partial charge in [0.15, 0.2) is 0 Å². The standard InChI is InChI=1S/C8H17NO2.ClH/c1-4-5-6-7(9-2)8(10)11-3;/h7,9H,4-6H2,1-3H3;1H. The van der Waals surface area contributed by atoms with Crippen LogP contribution in [-0.4, -0.2) is 26.2 Å². The fourth-order valence-electron chi connectivity index (χ4n) is 0.931. The molecule has 3 nitrogen and oxygen atoms in total. The molecule has 74 valence electrons. The van der Waals surface area contributed by atoms with Gasteiger partial charge in [0, 0.05) is 0 Å². The van der Waals surface area contributed by atoms with Crippen LogP contribution >= 0.6 is 12.4 Å². The minimum Gasteiger partial charge on any atom is -0.468 e. The Balaban J connectivity index is 0. The normalized spacial score (nSPS) is 11.6. The van der Waals surface area contributed by atoms with Crippen LogP contribution in [0.2, 0.25) is 0 Å². The van der Waals surface area contributed by atoms with Gasteiger partial charge >= 0.3 is 5.97 Å². The molecule has 1 N–H and O–H groups in total. The van der Waals surface area contributed by atoms with E-state index in [0.29, 0.717) is 0 Å². The van der Waals surface area contributed by atoms with Crippen molar-refractivity contribution in [1.82, 2.24) is 5.32 Å². The van der Waals surface area contributed by atoms with Gasteiger partial charge in [-0.25, -0.2) is 0 Å². The van der Waals surface area contributed by atoms with Crippen molar-refractivity contribution in [2.24, 2.45) is 0 Å². The lowest BCUT2D eigenvalue weighted by molar-refractivity contribution is -0.143. The highest BCUT2D eigenvalue weighted by Crippen LogP contribution is 2.01. The van der Waals surface area contributed by atoms with Crippen LogP contribution in [0.5, 0.6) is 0 Å². The second kappa shape index (κ2) is 8.81. The summed E-state index contributed by atoms with van der Waals surface area (Å²) in [7, 11) is 3.19. The molecule has 0 saturated heterocycles. The van der Waals surface area contributed by atoms with E-state index in [1.807, 2.05) is 0 Å². The lowest BCUT2D eigenvalue weighted by atomic mass is 10.1. The van der Waals surface area contributed by atoms with E-state index >= 15 is 0 Å². The number of carbonyl (C=O) groups is 1. The van der Waals surface area contributed by atoms with Crippen LogP contribution < -0.4 is 5.32 Å². The average molecular weight is 196 g/mol. The molecule has 0 bridgehead atoms. The number of rotatable bonds is 5. The summed E-state index contributed by atoms with van der Waals surface area (Å²) >= 11 is 0. The number of hydrogen-bond donors (Lipinski definition) is 1. The van der Waals surface area contributed by atoms with E-state index in [-0.39, 0.29) is 24.4 Å². The molecule has 12 heavy (non-hydrogen) atoms. The van der Waals surface area contributed by atoms with E-state index in [2.05, 4.69) is 17.0 Å². The van der Waals surface area contributed by atoms with E-state index in [9.17, 15) is 4.79 Å². The van der Waals surface area contributed by atoms with Crippen molar-refractivity contribution in [2.75, 3.05) is 14.2 Å². The van der Waals surface area contributed by atoms with Gasteiger partial charge < -0.3 is 10.1 Å². The summed E-state index contributed by atoms with van der Waals surface area (Å²) < 4.78 is 4.60. The Hall–Kier alpha value is -0.280. The molecule has 0 spiro atoms. The molecule has 0 rings (SSSR count). The zero-order valence-corrected chi connectivity index (χ0v) is 8.74. The van der Waals surface area contributed by atoms with Gasteiger partial charge in [0.05, 0.1) is 7.11 Å². The van der Waals surface area contributed by atoms with Gasteiger partial charge in [-0.15, -0.1) is 12.4 Å². The molecule has 0 heterocycles. The van der Waals surface area contributed by atoms with Crippen LogP contribution in [-0.2, 0) is 9.53 Å². The first kappa shape index (κ1) is 14.3. The second-order valence-electron chi connectivity index (χ2n) is 2.51. The third kappa shape index (κ3) is 5.38. The first-order chi connectivity index (χ1) is 5.26. The van der Waals surface area contributed by atoms with Crippen molar-refractivity contribution in [3.05, 3.63) is 0 Å². The summed E-state index contributed by atoms with van der Waals surface area (Å²) in [5, 5.41) is 2.91. The minimum absolute atomic E-state index is 0. The molecule has 0 saturated carbocycles. The number of esters is 1. The molecule has 0 aliphatic heterocycles. The first-order valence-corrected chi connectivity index (χ1v) is 4.01. The second-order valence-corrected chi connectivity index (χ2v) is 2.51. The maximum atomic E-state index is 11.0. The van der Waals surface area contributed by atoms with Gasteiger partial charge in [0.2, 0.25) is 0 Å². The molecule has 0 aromatic heterocycles. The number of hydrogen-bond acceptors (Lipinski definition) is 3. The zero-order chi connectivity index (χ0) is 8.69. The van der Waals surface area contributed by atoms with Crippen LogP contribution in [0, 0.1) is 0 Å². The predicted octanol–water partition coefficient (Wildman–Crippen LogP) is 1.36. The number of likely N-dealkylation sites (N-methyl/N-ethyl adjacent to an activating group) is 1. The van der Waals surface area contributed by atoms with Crippen molar-refractivity contribution in [1.29, 1.82) is 0 Å². The van der Waals surface area contributed by atoms with Crippen LogP contribution in [0.25, 0.3) is 0 Å². The lowest BCUT2D eigenvalue weighted by Gasteiger charge is -2.11. The predicted molar refractivity (Wildman–Crippen MR) is 51.6 cm³/mol. The van der Waals surface area contributed by atoms with Gasteiger partial charge in [0.1, 0.15) is 6.04 Å². The van der Waals surface area contributed by atoms with Crippen LogP contribution in [0.4, 0.5) is 0 Å². The monoisotopic (exact) mass is 195 g/mol. The van der Waals surface area contributed by atoms with Crippen LogP contribution in [0.3, 0.4) is 0 Å². The fourth-order valence-corrected chi connectivity index (χ4v) is 0.931. The number of carbonyl (C=O) groups excluding carboxylic acids is 1. The number of halogens is 1. The highest BCUT2D eigenvalue weighted by molar-refractivity contribution is 5.85. The van der Waals surface area contributed by atoms with Crippen molar-refractivity contribution >= 4 is 18.4 Å². The van der Waals surface area contributed by atoms with Crippen LogP contribution in [0.1, 0.15) is 26.2 Å². The third-order valence-electron chi connectivity index (χ3n) is 1.68. The molecule has 0 aliphatic rings. The SMILES string of the molecule is CCCCC(NC)C(=O)OC.Cl. The molecular formula is C8H18ClNO2. The van der Waals surface area contributed by atoms with Crippen molar-refractivity contribution in [2.45, 2.75) is 32.2 Å². The van der Waals surface area contributed by atoms with Crippen LogP contribution in [0.15, 0.2) is 0 Å². The molecule has 1 atom stereocenters. The Kier molecular flexibility index (Phi) is 10.5. The molecular weight excluding hydrogens is 178 g/mol. The lowest BCUT2D eigenvalue weighted by Crippen LogP contribution is -2.34. The Morgan fingerprint density at radius 3 is 2.50 bits per heavy atom. The smallest absolute Gasteiger partial charge is 0.322 e. The third-order valence-corrected chi connectivity index (χ3v) is 1.68. The van der Waals surface area contributed by atoms with E-state index in [0.717, 1.165) is 19.3 Å². The van der Waals surface area contributed by atoms with Gasteiger partial charge in [-0.1, -0.05) is 19.8 Å². The van der Waals surface area contributed by atoms with Gasteiger partial charge in [0.25, 0.3) is 0 Å². The summed E-state index contributed by atoms with van der Waals surface area (Å²) in [6.07, 6.45) is 3.02. The summed E-state index contributed by atoms with van der Waals surface area (Å²) in [6, 6.07) is -0.125. The average Bonchev–Trinajstić information content (AvgIpc) is 2.05. The summed E-state index contributed by atoms with van der Waals surface area (Å²) in [6.45, 7) is 2.10. The van der Waals surface area contributed by atoms with Crippen molar-refractivity contribution in [3.8, 4) is 0 Å². The fraction of sp³-hybridized carbons (Fsp3) is 0.875. The molecule has 0 fully saturated rings. The molecule has 1 unspecified atom stereocenters. The first-order valence-electron chi connectivity index (χ1n) is 4.01. The highest BCUT2D eigenvalue weighted by Gasteiger charge is 2.14. The zero-order valence-electron chi connectivity index (χ0n) is 7.92. The highest BCUT2D eigenvalue weighted by atomic mass is 35.5. The van der Waals surface area contributed by atoms with Crippen molar-refractivity contribution < 1.29 is 9.53 Å². The summed E-state index contributed by atoms with van der Waals surface area (Å²) in [4.78, 5) is 11.0. The minimum atomic E-state index is -0.166. The molecule has 0 amide bonds. The number of methoxy groups -OCH3 is 1. The maximum absolute atomic E-state index is 11.0. The van der Waals surface area contributed by atoms with E-state index in [4.69, 9.17) is 0 Å². The van der Waals surface area contributed by atoms with E-state index in [1.54, 1.807) is 7.05 Å². The largest absolute Gasteiger partial charge is 0.468 e. The van der Waals surface area contributed by atoms with E-state index in [1.165, 1.54) is 7.11 Å². The Morgan fingerprint density at radius 2 is 2.17 bits per heavy atom. The van der Waals surface area contributed by atoms with Crippen molar-refractivity contribution in [3.63, 3.8) is 0 Å². The number of unbranched alkanes of at least 4 members (excludes halogenated alkanes) is 1. The molecule has 0 aliphatic carbocycles. The quantitative estimate of drug-likeness (QED) is 0.674. The Morgan fingerprint density at radius 1 is 1.58 bits per heavy atom. The summed E-state index contributed by atoms with van der Waals surface area (Å²) in [5.74, 6) is -0.166. The molecule has 0 radical (unpaired) electrons. The number of ether oxygens (including phenoxy) is 1. The number of nitrogens with one attached hydrogen (secondary N) is 1. The molecule has 4 heteroatoms. The van der Waals surface area contributed by atoms with Gasteiger partial charge in [-0.3, -0.25) is 4.79 Å². The van der Waals surface area contributed by atoms with E-state index < -0.39 is 0 Å². The van der Waals surface area contributed by atoms with Gasteiger partial charge in [-0.2, -0.15) is 0 Å². The van der Waals surface area contributed by atoms with Gasteiger partial charge in [-0.05, 0) is 13.5 Å². The Labute approximate surface area is 80.3 Å². The molecule has 0 aromatic carbocycles. The summed E-state index contributed by atoms with van der Waals surface area (Å²) in [5.41, 5.74) is 0. The molecule has 0 aromatic rings.